The predicted octanol–water partition coefficient (Wildman–Crippen LogP) is 2.98. The standard InChI is InChI=1S/C17H19N3O/c1-11-9-15-12(3-2-4-16(15)18)10-14(11)17(21)20-13-5-7-19-8-6-13/h5-10,16H,2-4,18H2,1H3,(H,19,20,21)/t16-/m0/s1. The topological polar surface area (TPSA) is 68.0 Å². The maximum absolute atomic E-state index is 12.4. The number of aromatic nitrogens is 1. The van der Waals surface area contributed by atoms with Crippen LogP contribution in [0, 0.1) is 6.92 Å². The highest BCUT2D eigenvalue weighted by molar-refractivity contribution is 6.05. The molecule has 0 bridgehead atoms. The van der Waals surface area contributed by atoms with Crippen LogP contribution in [-0.2, 0) is 6.42 Å². The summed E-state index contributed by atoms with van der Waals surface area (Å²) in [6.07, 6.45) is 6.43. The van der Waals surface area contributed by atoms with Crippen LogP contribution in [0.15, 0.2) is 36.7 Å². The summed E-state index contributed by atoms with van der Waals surface area (Å²) in [5, 5.41) is 2.91. The van der Waals surface area contributed by atoms with Gasteiger partial charge in [-0.05, 0) is 61.1 Å². The highest BCUT2D eigenvalue weighted by Gasteiger charge is 2.20. The zero-order chi connectivity index (χ0) is 14.8. The lowest BCUT2D eigenvalue weighted by Gasteiger charge is -2.24. The van der Waals surface area contributed by atoms with Gasteiger partial charge in [0, 0.05) is 29.7 Å². The summed E-state index contributed by atoms with van der Waals surface area (Å²) in [5.41, 5.74) is 11.0. The van der Waals surface area contributed by atoms with E-state index in [4.69, 9.17) is 5.73 Å². The van der Waals surface area contributed by atoms with E-state index in [2.05, 4.69) is 16.4 Å². The molecule has 1 heterocycles. The number of nitrogens with one attached hydrogen (secondary N) is 1. The van der Waals surface area contributed by atoms with E-state index in [9.17, 15) is 4.79 Å². The number of aryl methyl sites for hydroxylation is 2. The van der Waals surface area contributed by atoms with Gasteiger partial charge in [-0.25, -0.2) is 0 Å². The number of carbonyl (C=O) groups excluding carboxylic acids is 1. The van der Waals surface area contributed by atoms with Crippen LogP contribution in [0.1, 0.15) is 45.9 Å². The van der Waals surface area contributed by atoms with Crippen LogP contribution in [0.3, 0.4) is 0 Å². The van der Waals surface area contributed by atoms with Gasteiger partial charge in [0.05, 0.1) is 0 Å². The van der Waals surface area contributed by atoms with Crippen molar-refractivity contribution < 1.29 is 4.79 Å². The number of pyridine rings is 1. The van der Waals surface area contributed by atoms with Crippen molar-refractivity contribution in [1.82, 2.24) is 4.98 Å². The van der Waals surface area contributed by atoms with Gasteiger partial charge in [0.15, 0.2) is 0 Å². The van der Waals surface area contributed by atoms with Gasteiger partial charge >= 0.3 is 0 Å². The quantitative estimate of drug-likeness (QED) is 0.889. The van der Waals surface area contributed by atoms with E-state index in [0.29, 0.717) is 0 Å². The molecule has 0 unspecified atom stereocenters. The van der Waals surface area contributed by atoms with E-state index >= 15 is 0 Å². The molecule has 1 aromatic carbocycles. The van der Waals surface area contributed by atoms with Crippen molar-refractivity contribution in [2.45, 2.75) is 32.2 Å². The Balaban J connectivity index is 1.90. The second-order valence-corrected chi connectivity index (χ2v) is 5.55. The fraction of sp³-hybridized carbons (Fsp3) is 0.294. The van der Waals surface area contributed by atoms with Crippen molar-refractivity contribution in [1.29, 1.82) is 0 Å². The summed E-state index contributed by atoms with van der Waals surface area (Å²) in [7, 11) is 0. The number of amides is 1. The van der Waals surface area contributed by atoms with Gasteiger partial charge < -0.3 is 11.1 Å². The van der Waals surface area contributed by atoms with Crippen molar-refractivity contribution in [3.8, 4) is 0 Å². The Bertz CT molecular complexity index is 667. The molecule has 108 valence electrons. The monoisotopic (exact) mass is 281 g/mol. The third-order valence-electron chi connectivity index (χ3n) is 4.03. The average molecular weight is 281 g/mol. The molecule has 0 aliphatic heterocycles. The van der Waals surface area contributed by atoms with E-state index in [0.717, 1.165) is 36.1 Å². The molecule has 4 nitrogen and oxygen atoms in total. The molecule has 1 aliphatic carbocycles. The largest absolute Gasteiger partial charge is 0.324 e. The third-order valence-corrected chi connectivity index (χ3v) is 4.03. The summed E-state index contributed by atoms with van der Waals surface area (Å²) < 4.78 is 0. The number of fused-ring (bicyclic) bond motifs is 1. The molecule has 0 fully saturated rings. The minimum atomic E-state index is -0.0827. The molecule has 1 aliphatic rings. The minimum absolute atomic E-state index is 0.0827. The zero-order valence-electron chi connectivity index (χ0n) is 12.1. The highest BCUT2D eigenvalue weighted by Crippen LogP contribution is 2.30. The van der Waals surface area contributed by atoms with Gasteiger partial charge in [0.1, 0.15) is 0 Å². The van der Waals surface area contributed by atoms with E-state index in [1.165, 1.54) is 11.1 Å². The number of benzene rings is 1. The van der Waals surface area contributed by atoms with Crippen LogP contribution < -0.4 is 11.1 Å². The first-order valence-electron chi connectivity index (χ1n) is 7.25. The first kappa shape index (κ1) is 13.8. The molecule has 0 saturated heterocycles. The fourth-order valence-electron chi connectivity index (χ4n) is 2.88. The Labute approximate surface area is 124 Å². The number of hydrogen-bond acceptors (Lipinski definition) is 3. The Morgan fingerprint density at radius 2 is 2.10 bits per heavy atom. The van der Waals surface area contributed by atoms with Crippen LogP contribution in [0.4, 0.5) is 5.69 Å². The van der Waals surface area contributed by atoms with E-state index in [1.807, 2.05) is 13.0 Å². The van der Waals surface area contributed by atoms with Gasteiger partial charge in [-0.2, -0.15) is 0 Å². The Hall–Kier alpha value is -2.20. The first-order chi connectivity index (χ1) is 10.1. The summed E-state index contributed by atoms with van der Waals surface area (Å²) in [6.45, 7) is 1.96. The van der Waals surface area contributed by atoms with Crippen molar-refractivity contribution >= 4 is 11.6 Å². The first-order valence-corrected chi connectivity index (χ1v) is 7.25. The lowest BCUT2D eigenvalue weighted by atomic mass is 9.85. The summed E-state index contributed by atoms with van der Waals surface area (Å²) >= 11 is 0. The van der Waals surface area contributed by atoms with E-state index < -0.39 is 0 Å². The van der Waals surface area contributed by atoms with Gasteiger partial charge in [-0.3, -0.25) is 9.78 Å². The van der Waals surface area contributed by atoms with Crippen LogP contribution in [-0.4, -0.2) is 10.9 Å². The molecule has 0 saturated carbocycles. The molecule has 1 atom stereocenters. The fourth-order valence-corrected chi connectivity index (χ4v) is 2.88. The molecule has 3 rings (SSSR count). The van der Waals surface area contributed by atoms with Crippen molar-refractivity contribution in [2.24, 2.45) is 5.73 Å². The molecular formula is C17H19N3O. The van der Waals surface area contributed by atoms with Gasteiger partial charge in [0.25, 0.3) is 5.91 Å². The Kier molecular flexibility index (Phi) is 3.71. The predicted molar refractivity (Wildman–Crippen MR) is 83.2 cm³/mol. The van der Waals surface area contributed by atoms with Crippen molar-refractivity contribution in [3.05, 3.63) is 58.9 Å². The molecule has 21 heavy (non-hydrogen) atoms. The number of nitrogens with zero attached hydrogens (tertiary/aromatic N) is 1. The molecule has 1 amide bonds. The normalized spacial score (nSPS) is 17.1. The number of anilines is 1. The lowest BCUT2D eigenvalue weighted by Crippen LogP contribution is -2.20. The molecule has 3 N–H and O–H groups in total. The minimum Gasteiger partial charge on any atom is -0.324 e. The van der Waals surface area contributed by atoms with Gasteiger partial charge in [0.2, 0.25) is 0 Å². The maximum atomic E-state index is 12.4. The van der Waals surface area contributed by atoms with Crippen LogP contribution in [0.2, 0.25) is 0 Å². The molecular weight excluding hydrogens is 262 g/mol. The molecule has 0 radical (unpaired) electrons. The highest BCUT2D eigenvalue weighted by atomic mass is 16.1. The van der Waals surface area contributed by atoms with E-state index in [-0.39, 0.29) is 11.9 Å². The van der Waals surface area contributed by atoms with Gasteiger partial charge in [-0.1, -0.05) is 6.07 Å². The third kappa shape index (κ3) is 2.81. The Morgan fingerprint density at radius 1 is 1.33 bits per heavy atom. The average Bonchev–Trinajstić information content (AvgIpc) is 2.48. The van der Waals surface area contributed by atoms with Crippen LogP contribution >= 0.6 is 0 Å². The number of carbonyl (C=O) groups is 1. The molecule has 2 aromatic rings. The summed E-state index contributed by atoms with van der Waals surface area (Å²) in [5.74, 6) is -0.0827. The SMILES string of the molecule is Cc1cc2c(cc1C(=O)Nc1ccncc1)CCC[C@@H]2N. The smallest absolute Gasteiger partial charge is 0.255 e. The Morgan fingerprint density at radius 3 is 2.86 bits per heavy atom. The molecule has 0 spiro atoms. The van der Waals surface area contributed by atoms with E-state index in [1.54, 1.807) is 24.5 Å². The van der Waals surface area contributed by atoms with Crippen molar-refractivity contribution in [3.63, 3.8) is 0 Å². The number of hydrogen-bond donors (Lipinski definition) is 2. The number of rotatable bonds is 2. The van der Waals surface area contributed by atoms with Crippen LogP contribution in [0.5, 0.6) is 0 Å². The maximum Gasteiger partial charge on any atom is 0.255 e. The van der Waals surface area contributed by atoms with Crippen molar-refractivity contribution in [2.75, 3.05) is 5.32 Å². The summed E-state index contributed by atoms with van der Waals surface area (Å²) in [6, 6.07) is 7.73. The summed E-state index contributed by atoms with van der Waals surface area (Å²) in [4.78, 5) is 16.4. The number of nitrogens with two attached hydrogens (primary N) is 1. The van der Waals surface area contributed by atoms with Gasteiger partial charge in [-0.15, -0.1) is 0 Å². The second-order valence-electron chi connectivity index (χ2n) is 5.55. The lowest BCUT2D eigenvalue weighted by molar-refractivity contribution is 0.102. The zero-order valence-corrected chi connectivity index (χ0v) is 12.1. The molecule has 4 heteroatoms. The second kappa shape index (κ2) is 5.66. The van der Waals surface area contributed by atoms with Crippen LogP contribution in [0.25, 0.3) is 0 Å². The molecule has 1 aromatic heterocycles.